The van der Waals surface area contributed by atoms with Gasteiger partial charge in [0.05, 0.1) is 16.5 Å². The van der Waals surface area contributed by atoms with Gasteiger partial charge in [0.25, 0.3) is 17.4 Å². The van der Waals surface area contributed by atoms with Crippen molar-refractivity contribution >= 4 is 23.1 Å². The Hall–Kier alpha value is -4.50. The number of carbonyl (C=O) groups is 2. The molecule has 0 unspecified atom stereocenters. The van der Waals surface area contributed by atoms with Crippen LogP contribution in [0.3, 0.4) is 0 Å². The second-order valence-electron chi connectivity index (χ2n) is 8.94. The number of hydrogen-bond acceptors (Lipinski definition) is 7. The predicted octanol–water partition coefficient (Wildman–Crippen LogP) is 4.94. The van der Waals surface area contributed by atoms with Crippen molar-refractivity contribution in [3.05, 3.63) is 111 Å². The van der Waals surface area contributed by atoms with Gasteiger partial charge in [-0.1, -0.05) is 30.3 Å². The number of nitrogens with zero attached hydrogens (tertiary/aromatic N) is 2. The lowest BCUT2D eigenvalue weighted by Crippen LogP contribution is -2.31. The first-order valence-corrected chi connectivity index (χ1v) is 12.1. The predicted molar refractivity (Wildman–Crippen MR) is 141 cm³/mol. The van der Waals surface area contributed by atoms with Crippen molar-refractivity contribution in [3.8, 4) is 5.75 Å². The molecule has 1 saturated heterocycles. The zero-order valence-corrected chi connectivity index (χ0v) is 21.1. The lowest BCUT2D eigenvalue weighted by atomic mass is 9.93. The van der Waals surface area contributed by atoms with Gasteiger partial charge in [-0.25, -0.2) is 0 Å². The fourth-order valence-corrected chi connectivity index (χ4v) is 4.49. The highest BCUT2D eigenvalue weighted by Crippen LogP contribution is 2.40. The molecule has 1 amide bonds. The van der Waals surface area contributed by atoms with Gasteiger partial charge in [-0.05, 0) is 60.4 Å². The number of carbonyl (C=O) groups excluding carboxylic acids is 2. The first-order chi connectivity index (χ1) is 18.3. The van der Waals surface area contributed by atoms with Crippen LogP contribution in [-0.4, -0.2) is 46.9 Å². The van der Waals surface area contributed by atoms with E-state index in [1.54, 1.807) is 25.1 Å². The zero-order chi connectivity index (χ0) is 27.2. The molecule has 3 aromatic rings. The van der Waals surface area contributed by atoms with Crippen LogP contribution in [0.1, 0.15) is 34.7 Å². The van der Waals surface area contributed by atoms with E-state index >= 15 is 0 Å². The first kappa shape index (κ1) is 26.6. The van der Waals surface area contributed by atoms with Crippen LogP contribution in [0.5, 0.6) is 5.75 Å². The van der Waals surface area contributed by atoms with Gasteiger partial charge < -0.3 is 19.5 Å². The van der Waals surface area contributed by atoms with Crippen molar-refractivity contribution in [2.24, 2.45) is 0 Å². The summed E-state index contributed by atoms with van der Waals surface area (Å²) in [5, 5.41) is 22.5. The molecule has 1 heterocycles. The molecular weight excluding hydrogens is 488 g/mol. The molecule has 0 aromatic heterocycles. The highest BCUT2D eigenvalue weighted by atomic mass is 16.6. The second-order valence-corrected chi connectivity index (χ2v) is 8.94. The van der Waals surface area contributed by atoms with Crippen molar-refractivity contribution < 1.29 is 29.1 Å². The number of amides is 1. The van der Waals surface area contributed by atoms with Crippen molar-refractivity contribution in [1.29, 1.82) is 0 Å². The number of Topliss-reactive ketones (excluding diaryl/α,β-unsaturated/α-hetero) is 1. The molecule has 0 spiro atoms. The monoisotopic (exact) mass is 516 g/mol. The third kappa shape index (κ3) is 5.57. The number of aliphatic hydroxyl groups excluding tert-OH is 1. The number of rotatable bonds is 10. The number of non-ortho nitro benzene ring substituents is 1. The molecule has 0 saturated carbocycles. The van der Waals surface area contributed by atoms with Gasteiger partial charge in [-0.15, -0.1) is 0 Å². The fraction of sp³-hybridized carbons (Fsp3) is 0.241. The molecule has 1 aliphatic rings. The van der Waals surface area contributed by atoms with Gasteiger partial charge in [-0.2, -0.15) is 0 Å². The van der Waals surface area contributed by atoms with Crippen LogP contribution in [0.15, 0.2) is 78.4 Å². The average Bonchev–Trinajstić information content (AvgIpc) is 3.17. The van der Waals surface area contributed by atoms with Gasteiger partial charge >= 0.3 is 0 Å². The molecule has 1 atom stereocenters. The molecule has 9 heteroatoms. The molecule has 196 valence electrons. The number of ether oxygens (including phenoxy) is 2. The number of nitro groups is 1. The van der Waals surface area contributed by atoms with Crippen molar-refractivity contribution in [1.82, 2.24) is 4.90 Å². The summed E-state index contributed by atoms with van der Waals surface area (Å²) in [6, 6.07) is 19.5. The van der Waals surface area contributed by atoms with E-state index in [1.807, 2.05) is 30.3 Å². The van der Waals surface area contributed by atoms with Crippen LogP contribution in [0, 0.1) is 17.0 Å². The number of aliphatic hydroxyl groups is 1. The highest BCUT2D eigenvalue weighted by molar-refractivity contribution is 6.46. The Kier molecular flexibility index (Phi) is 8.18. The molecule has 0 radical (unpaired) electrons. The minimum absolute atomic E-state index is 0.0673. The van der Waals surface area contributed by atoms with E-state index in [0.717, 1.165) is 5.56 Å². The molecule has 4 rings (SSSR count). The normalized spacial score (nSPS) is 16.6. The Bertz CT molecular complexity index is 1370. The number of methoxy groups -OCH3 is 1. The first-order valence-electron chi connectivity index (χ1n) is 12.1. The highest BCUT2D eigenvalue weighted by Gasteiger charge is 2.46. The SMILES string of the molecule is COCCCN1C(=O)C(=O)/C(=C(/O)c2ccc(OCc3ccccc3)cc2C)[C@@H]1c1ccc([N+](=O)[O-])cc1. The summed E-state index contributed by atoms with van der Waals surface area (Å²) in [6.07, 6.45) is 0.472. The van der Waals surface area contributed by atoms with E-state index in [-0.39, 0.29) is 23.6 Å². The van der Waals surface area contributed by atoms with E-state index in [4.69, 9.17) is 9.47 Å². The van der Waals surface area contributed by atoms with E-state index in [2.05, 4.69) is 0 Å². The third-order valence-electron chi connectivity index (χ3n) is 6.41. The maximum absolute atomic E-state index is 13.2. The summed E-state index contributed by atoms with van der Waals surface area (Å²) >= 11 is 0. The standard InChI is InChI=1S/C29H28N2O7/c1-19-17-23(38-18-20-7-4-3-5-8-20)13-14-24(19)27(32)25-26(21-9-11-22(12-10-21)31(35)36)30(15-6-16-37-2)29(34)28(25)33/h3-5,7-14,17,26,32H,6,15-16,18H2,1-2H3/b27-25+/t26-/m0/s1. The maximum Gasteiger partial charge on any atom is 0.295 e. The molecule has 38 heavy (non-hydrogen) atoms. The van der Waals surface area contributed by atoms with Crippen LogP contribution >= 0.6 is 0 Å². The van der Waals surface area contributed by atoms with Crippen molar-refractivity contribution in [3.63, 3.8) is 0 Å². The van der Waals surface area contributed by atoms with Crippen LogP contribution in [0.25, 0.3) is 5.76 Å². The Morgan fingerprint density at radius 1 is 1.05 bits per heavy atom. The maximum atomic E-state index is 13.2. The average molecular weight is 517 g/mol. The molecular formula is C29H28N2O7. The lowest BCUT2D eigenvalue weighted by Gasteiger charge is -2.25. The molecule has 0 bridgehead atoms. The lowest BCUT2D eigenvalue weighted by molar-refractivity contribution is -0.384. The van der Waals surface area contributed by atoms with Crippen LogP contribution in [0.4, 0.5) is 5.69 Å². The third-order valence-corrected chi connectivity index (χ3v) is 6.41. The minimum atomic E-state index is -0.902. The molecule has 1 aliphatic heterocycles. The van der Waals surface area contributed by atoms with E-state index in [9.17, 15) is 24.8 Å². The van der Waals surface area contributed by atoms with E-state index < -0.39 is 22.7 Å². The molecule has 9 nitrogen and oxygen atoms in total. The Morgan fingerprint density at radius 2 is 1.76 bits per heavy atom. The molecule has 1 N–H and O–H groups in total. The number of nitro benzene ring substituents is 1. The van der Waals surface area contributed by atoms with Crippen LogP contribution < -0.4 is 4.74 Å². The topological polar surface area (TPSA) is 119 Å². The summed E-state index contributed by atoms with van der Waals surface area (Å²) in [7, 11) is 1.54. The van der Waals surface area contributed by atoms with Gasteiger partial charge in [0.2, 0.25) is 0 Å². The van der Waals surface area contributed by atoms with E-state index in [1.165, 1.54) is 36.3 Å². The molecule has 3 aromatic carbocycles. The minimum Gasteiger partial charge on any atom is -0.507 e. The fourth-order valence-electron chi connectivity index (χ4n) is 4.49. The summed E-state index contributed by atoms with van der Waals surface area (Å²) in [5.41, 5.74) is 2.34. The molecule has 1 fully saturated rings. The number of aryl methyl sites for hydroxylation is 1. The second kappa shape index (κ2) is 11.7. The van der Waals surface area contributed by atoms with E-state index in [0.29, 0.717) is 42.1 Å². The van der Waals surface area contributed by atoms with Gasteiger partial charge in [0.15, 0.2) is 0 Å². The van der Waals surface area contributed by atoms with Crippen molar-refractivity contribution in [2.75, 3.05) is 20.3 Å². The summed E-state index contributed by atoms with van der Waals surface area (Å²) in [6.45, 7) is 2.74. The van der Waals surface area contributed by atoms with Crippen LogP contribution in [-0.2, 0) is 20.9 Å². The number of benzene rings is 3. The Balaban J connectivity index is 1.70. The van der Waals surface area contributed by atoms with Gasteiger partial charge in [-0.3, -0.25) is 19.7 Å². The quantitative estimate of drug-likeness (QED) is 0.101. The van der Waals surface area contributed by atoms with Gasteiger partial charge in [0, 0.05) is 38.0 Å². The van der Waals surface area contributed by atoms with Gasteiger partial charge in [0.1, 0.15) is 18.1 Å². The summed E-state index contributed by atoms with van der Waals surface area (Å²) < 4.78 is 11.0. The summed E-state index contributed by atoms with van der Waals surface area (Å²) in [5.74, 6) is -1.28. The summed E-state index contributed by atoms with van der Waals surface area (Å²) in [4.78, 5) is 38.2. The Labute approximate surface area is 220 Å². The van der Waals surface area contributed by atoms with Crippen LogP contribution in [0.2, 0.25) is 0 Å². The largest absolute Gasteiger partial charge is 0.507 e. The smallest absolute Gasteiger partial charge is 0.295 e. The number of likely N-dealkylation sites (tertiary alicyclic amines) is 1. The zero-order valence-electron chi connectivity index (χ0n) is 21.1. The van der Waals surface area contributed by atoms with Crippen molar-refractivity contribution in [2.45, 2.75) is 26.0 Å². The Morgan fingerprint density at radius 3 is 2.39 bits per heavy atom. The molecule has 0 aliphatic carbocycles. The number of hydrogen-bond donors (Lipinski definition) is 1. The number of ketones is 1.